The standard InChI is InChI=1S/C25H31N5O3S/c1-5-19-11-13-21(14-12-19)33-18(3)24(32)26-15-22-28-29-25(30(22)4)34-16-23(31)27-17(2)20-9-7-6-8-10-20/h6-14,17-18H,5,15-16H2,1-4H3,(H,26,32)(H,27,31)/t17-,18-/m0/s1. The van der Waals surface area contributed by atoms with E-state index in [0.717, 1.165) is 12.0 Å². The Labute approximate surface area is 204 Å². The van der Waals surface area contributed by atoms with Crippen molar-refractivity contribution in [2.45, 2.75) is 51.0 Å². The summed E-state index contributed by atoms with van der Waals surface area (Å²) in [4.78, 5) is 24.8. The van der Waals surface area contributed by atoms with E-state index in [0.29, 0.717) is 16.7 Å². The third kappa shape index (κ3) is 7.08. The minimum absolute atomic E-state index is 0.0756. The van der Waals surface area contributed by atoms with Crippen LogP contribution in [-0.4, -0.2) is 38.4 Å². The molecule has 0 spiro atoms. The molecule has 0 bridgehead atoms. The normalized spacial score (nSPS) is 12.6. The minimum Gasteiger partial charge on any atom is -0.481 e. The zero-order valence-corrected chi connectivity index (χ0v) is 20.8. The van der Waals surface area contributed by atoms with Crippen LogP contribution in [0.1, 0.15) is 43.8 Å². The highest BCUT2D eigenvalue weighted by Gasteiger charge is 2.17. The lowest BCUT2D eigenvalue weighted by molar-refractivity contribution is -0.127. The molecule has 0 radical (unpaired) electrons. The van der Waals surface area contributed by atoms with Gasteiger partial charge in [-0.3, -0.25) is 9.59 Å². The topological polar surface area (TPSA) is 98.1 Å². The fourth-order valence-electron chi connectivity index (χ4n) is 3.23. The molecule has 1 aromatic heterocycles. The molecule has 9 heteroatoms. The molecule has 180 valence electrons. The molecule has 34 heavy (non-hydrogen) atoms. The van der Waals surface area contributed by atoms with Crippen LogP contribution in [0.2, 0.25) is 0 Å². The molecule has 2 N–H and O–H groups in total. The summed E-state index contributed by atoms with van der Waals surface area (Å²) in [6, 6.07) is 17.4. The predicted molar refractivity (Wildman–Crippen MR) is 132 cm³/mol. The van der Waals surface area contributed by atoms with Crippen LogP contribution in [0.5, 0.6) is 5.75 Å². The summed E-state index contributed by atoms with van der Waals surface area (Å²) < 4.78 is 7.50. The number of carbonyl (C=O) groups excluding carboxylic acids is 2. The summed E-state index contributed by atoms with van der Waals surface area (Å²) in [6.07, 6.45) is 0.302. The summed E-state index contributed by atoms with van der Waals surface area (Å²) in [6.45, 7) is 5.95. The highest BCUT2D eigenvalue weighted by molar-refractivity contribution is 7.99. The SMILES string of the molecule is CCc1ccc(O[C@@H](C)C(=O)NCc2nnc(SCC(=O)N[C@@H](C)c3ccccc3)n2C)cc1. The lowest BCUT2D eigenvalue weighted by Crippen LogP contribution is -2.36. The molecule has 2 atom stereocenters. The van der Waals surface area contributed by atoms with Crippen LogP contribution in [0, 0.1) is 0 Å². The average molecular weight is 482 g/mol. The van der Waals surface area contributed by atoms with E-state index in [1.54, 1.807) is 11.5 Å². The molecular formula is C25H31N5O3S. The number of benzene rings is 2. The number of rotatable bonds is 11. The number of aryl methyl sites for hydroxylation is 1. The van der Waals surface area contributed by atoms with Gasteiger partial charge in [0.25, 0.3) is 5.91 Å². The van der Waals surface area contributed by atoms with Gasteiger partial charge in [0.15, 0.2) is 17.1 Å². The first-order chi connectivity index (χ1) is 16.4. The Morgan fingerprint density at radius 1 is 1.06 bits per heavy atom. The second-order valence-electron chi connectivity index (χ2n) is 7.92. The quantitative estimate of drug-likeness (QED) is 0.407. The van der Waals surface area contributed by atoms with Gasteiger partial charge in [0.05, 0.1) is 18.3 Å². The third-order valence-electron chi connectivity index (χ3n) is 5.37. The highest BCUT2D eigenvalue weighted by Crippen LogP contribution is 2.17. The first-order valence-corrected chi connectivity index (χ1v) is 12.2. The van der Waals surface area contributed by atoms with Gasteiger partial charge in [-0.05, 0) is 43.5 Å². The van der Waals surface area contributed by atoms with Gasteiger partial charge < -0.3 is 19.9 Å². The van der Waals surface area contributed by atoms with Crippen molar-refractivity contribution in [3.05, 3.63) is 71.5 Å². The number of nitrogens with zero attached hydrogens (tertiary/aromatic N) is 3. The molecule has 0 aliphatic heterocycles. The van der Waals surface area contributed by atoms with E-state index in [1.807, 2.05) is 68.6 Å². The summed E-state index contributed by atoms with van der Waals surface area (Å²) >= 11 is 1.30. The van der Waals surface area contributed by atoms with Crippen molar-refractivity contribution >= 4 is 23.6 Å². The van der Waals surface area contributed by atoms with E-state index >= 15 is 0 Å². The molecule has 0 aliphatic carbocycles. The van der Waals surface area contributed by atoms with Gasteiger partial charge in [0.1, 0.15) is 5.75 Å². The second kappa shape index (κ2) is 12.2. The lowest BCUT2D eigenvalue weighted by atomic mass is 10.1. The fraction of sp³-hybridized carbons (Fsp3) is 0.360. The van der Waals surface area contributed by atoms with Crippen LogP contribution in [0.15, 0.2) is 59.8 Å². The first kappa shape index (κ1) is 25.3. The molecule has 1 heterocycles. The maximum atomic E-state index is 12.4. The van der Waals surface area contributed by atoms with Crippen LogP contribution >= 0.6 is 11.8 Å². The van der Waals surface area contributed by atoms with Gasteiger partial charge in [0, 0.05) is 7.05 Å². The van der Waals surface area contributed by atoms with E-state index in [9.17, 15) is 9.59 Å². The number of ether oxygens (including phenoxy) is 1. The average Bonchev–Trinajstić information content (AvgIpc) is 3.21. The van der Waals surface area contributed by atoms with Gasteiger partial charge in [-0.15, -0.1) is 10.2 Å². The number of aromatic nitrogens is 3. The van der Waals surface area contributed by atoms with Crippen LogP contribution in [-0.2, 0) is 29.6 Å². The van der Waals surface area contributed by atoms with Gasteiger partial charge in [-0.25, -0.2) is 0 Å². The second-order valence-corrected chi connectivity index (χ2v) is 8.86. The van der Waals surface area contributed by atoms with Crippen molar-refractivity contribution in [1.29, 1.82) is 0 Å². The maximum Gasteiger partial charge on any atom is 0.261 e. The van der Waals surface area contributed by atoms with Crippen LogP contribution in [0.25, 0.3) is 0 Å². The zero-order valence-electron chi connectivity index (χ0n) is 19.9. The van der Waals surface area contributed by atoms with Crippen LogP contribution < -0.4 is 15.4 Å². The number of carbonyl (C=O) groups is 2. The Kier molecular flexibility index (Phi) is 9.09. The largest absolute Gasteiger partial charge is 0.481 e. The maximum absolute atomic E-state index is 12.4. The fourth-order valence-corrected chi connectivity index (χ4v) is 3.98. The summed E-state index contributed by atoms with van der Waals surface area (Å²) in [5.41, 5.74) is 2.26. The summed E-state index contributed by atoms with van der Waals surface area (Å²) in [7, 11) is 1.81. The Morgan fingerprint density at radius 3 is 2.44 bits per heavy atom. The van der Waals surface area contributed by atoms with Gasteiger partial charge >= 0.3 is 0 Å². The molecule has 0 saturated heterocycles. The number of hydrogen-bond donors (Lipinski definition) is 2. The molecule has 0 unspecified atom stereocenters. The molecule has 8 nitrogen and oxygen atoms in total. The van der Waals surface area contributed by atoms with E-state index in [-0.39, 0.29) is 30.2 Å². The van der Waals surface area contributed by atoms with Crippen molar-refractivity contribution in [2.24, 2.45) is 7.05 Å². The van der Waals surface area contributed by atoms with E-state index in [4.69, 9.17) is 4.74 Å². The third-order valence-corrected chi connectivity index (χ3v) is 6.39. The van der Waals surface area contributed by atoms with E-state index in [2.05, 4.69) is 27.8 Å². The van der Waals surface area contributed by atoms with Crippen LogP contribution in [0.3, 0.4) is 0 Å². The lowest BCUT2D eigenvalue weighted by Gasteiger charge is -2.15. The van der Waals surface area contributed by atoms with Gasteiger partial charge in [-0.2, -0.15) is 0 Å². The summed E-state index contributed by atoms with van der Waals surface area (Å²) in [5, 5.41) is 14.7. The Balaban J connectivity index is 1.45. The number of hydrogen-bond acceptors (Lipinski definition) is 6. The monoisotopic (exact) mass is 481 g/mol. The predicted octanol–water partition coefficient (Wildman–Crippen LogP) is 3.43. The van der Waals surface area contributed by atoms with Crippen molar-refractivity contribution in [1.82, 2.24) is 25.4 Å². The van der Waals surface area contributed by atoms with E-state index in [1.165, 1.54) is 17.3 Å². The molecule has 3 rings (SSSR count). The Hall–Kier alpha value is -3.33. The van der Waals surface area contributed by atoms with E-state index < -0.39 is 6.10 Å². The van der Waals surface area contributed by atoms with Crippen molar-refractivity contribution < 1.29 is 14.3 Å². The van der Waals surface area contributed by atoms with Crippen molar-refractivity contribution in [3.8, 4) is 5.75 Å². The number of nitrogens with one attached hydrogen (secondary N) is 2. The first-order valence-electron chi connectivity index (χ1n) is 11.3. The minimum atomic E-state index is -0.648. The molecular weight excluding hydrogens is 450 g/mol. The molecule has 0 aliphatic rings. The van der Waals surface area contributed by atoms with Crippen molar-refractivity contribution in [3.63, 3.8) is 0 Å². The zero-order chi connectivity index (χ0) is 24.5. The molecule has 0 saturated carbocycles. The smallest absolute Gasteiger partial charge is 0.261 e. The number of thioether (sulfide) groups is 1. The Morgan fingerprint density at radius 2 is 1.76 bits per heavy atom. The highest BCUT2D eigenvalue weighted by atomic mass is 32.2. The molecule has 2 aromatic carbocycles. The van der Waals surface area contributed by atoms with Crippen molar-refractivity contribution in [2.75, 3.05) is 5.75 Å². The summed E-state index contributed by atoms with van der Waals surface area (Å²) in [5.74, 6) is 1.13. The van der Waals surface area contributed by atoms with Gasteiger partial charge in [-0.1, -0.05) is 61.2 Å². The Bertz CT molecular complexity index is 1090. The van der Waals surface area contributed by atoms with Gasteiger partial charge in [0.2, 0.25) is 5.91 Å². The molecule has 3 aromatic rings. The molecule has 2 amide bonds. The number of amides is 2. The van der Waals surface area contributed by atoms with Crippen LogP contribution in [0.4, 0.5) is 0 Å². The molecule has 0 fully saturated rings.